The van der Waals surface area contributed by atoms with Gasteiger partial charge in [-0.15, -0.1) is 0 Å². The van der Waals surface area contributed by atoms with Gasteiger partial charge in [-0.05, 0) is 117 Å². The van der Waals surface area contributed by atoms with Crippen molar-refractivity contribution >= 4 is 28.8 Å². The largest absolute Gasteiger partial charge is 0.462 e. The lowest BCUT2D eigenvalue weighted by Gasteiger charge is -2.45. The van der Waals surface area contributed by atoms with Gasteiger partial charge in [-0.25, -0.2) is 4.79 Å². The normalized spacial score (nSPS) is 24.6. The second kappa shape index (κ2) is 15.0. The van der Waals surface area contributed by atoms with Crippen LogP contribution in [0.4, 0.5) is 5.69 Å². The molecule has 6 heteroatoms. The third kappa shape index (κ3) is 8.34. The first kappa shape index (κ1) is 32.6. The molecule has 2 aromatic rings. The first-order chi connectivity index (χ1) is 21.9. The van der Waals surface area contributed by atoms with Crippen LogP contribution >= 0.6 is 11.6 Å². The lowest BCUT2D eigenvalue weighted by atomic mass is 9.70. The SMILES string of the molecule is CCOC(=O)c1ccc(N2CCN(CC3=C(c4ccc(Cl)cc4)CCC(C)(CN4CCC(C5CCCCC5)CC4)C3)CC2)cc1. The van der Waals surface area contributed by atoms with Gasteiger partial charge in [0.2, 0.25) is 0 Å². The zero-order valence-corrected chi connectivity index (χ0v) is 28.5. The third-order valence-corrected chi connectivity index (χ3v) is 11.6. The van der Waals surface area contributed by atoms with Crippen LogP contribution in [0.3, 0.4) is 0 Å². The van der Waals surface area contributed by atoms with Crippen LogP contribution < -0.4 is 4.90 Å². The van der Waals surface area contributed by atoms with Gasteiger partial charge < -0.3 is 14.5 Å². The molecule has 0 N–H and O–H groups in total. The zero-order valence-electron chi connectivity index (χ0n) is 27.7. The second-order valence-electron chi connectivity index (χ2n) is 14.6. The maximum atomic E-state index is 12.1. The van der Waals surface area contributed by atoms with E-state index in [9.17, 15) is 4.79 Å². The van der Waals surface area contributed by atoms with Crippen LogP contribution in [0.1, 0.15) is 94.0 Å². The summed E-state index contributed by atoms with van der Waals surface area (Å²) in [4.78, 5) is 20.0. The van der Waals surface area contributed by atoms with Gasteiger partial charge in [-0.3, -0.25) is 4.90 Å². The fraction of sp³-hybridized carbons (Fsp3) is 0.615. The van der Waals surface area contributed by atoms with Gasteiger partial charge in [0.1, 0.15) is 0 Å². The lowest BCUT2D eigenvalue weighted by molar-refractivity contribution is 0.0526. The molecule has 2 saturated heterocycles. The van der Waals surface area contributed by atoms with Crippen molar-refractivity contribution in [3.8, 4) is 0 Å². The van der Waals surface area contributed by atoms with E-state index in [0.29, 0.717) is 17.6 Å². The molecule has 0 amide bonds. The first-order valence-electron chi connectivity index (χ1n) is 17.8. The molecule has 0 aromatic heterocycles. The number of likely N-dealkylation sites (tertiary alicyclic amines) is 1. The van der Waals surface area contributed by atoms with Gasteiger partial charge >= 0.3 is 5.97 Å². The number of hydrogen-bond acceptors (Lipinski definition) is 5. The number of hydrogen-bond donors (Lipinski definition) is 0. The van der Waals surface area contributed by atoms with E-state index in [1.807, 2.05) is 19.1 Å². The summed E-state index contributed by atoms with van der Waals surface area (Å²) in [5.41, 5.74) is 6.67. The summed E-state index contributed by atoms with van der Waals surface area (Å²) < 4.78 is 5.16. The van der Waals surface area contributed by atoms with Crippen LogP contribution in [0.2, 0.25) is 5.02 Å². The Morgan fingerprint density at radius 1 is 0.844 bits per heavy atom. The van der Waals surface area contributed by atoms with Crippen molar-refractivity contribution in [3.05, 3.63) is 70.3 Å². The molecule has 6 rings (SSSR count). The first-order valence-corrected chi connectivity index (χ1v) is 18.2. The number of nitrogens with zero attached hydrogens (tertiary/aromatic N) is 3. The standard InChI is InChI=1S/C39H54ClN3O2/c1-3-45-38(44)33-11-15-36(16-12-33)43-25-23-41(24-26-43)28-34-27-39(2,20-17-37(34)32-9-13-35(40)14-10-32)29-42-21-18-31(19-22-42)30-7-5-4-6-8-30/h9-16,30-31H,3-8,17-29H2,1-2H3. The maximum absolute atomic E-state index is 12.1. The van der Waals surface area contributed by atoms with E-state index in [2.05, 4.69) is 58.0 Å². The fourth-order valence-corrected chi connectivity index (χ4v) is 8.91. The summed E-state index contributed by atoms with van der Waals surface area (Å²) in [7, 11) is 0. The van der Waals surface area contributed by atoms with Crippen LogP contribution in [0.25, 0.3) is 5.57 Å². The molecule has 2 aliphatic heterocycles. The molecule has 4 aliphatic rings. The minimum Gasteiger partial charge on any atom is -0.462 e. The summed E-state index contributed by atoms with van der Waals surface area (Å²) in [5, 5.41) is 0.810. The molecule has 0 bridgehead atoms. The summed E-state index contributed by atoms with van der Waals surface area (Å²) in [5.74, 6) is 1.73. The molecule has 2 aromatic carbocycles. The van der Waals surface area contributed by atoms with Gasteiger partial charge in [-0.1, -0.05) is 68.3 Å². The summed E-state index contributed by atoms with van der Waals surface area (Å²) in [6, 6.07) is 16.5. The highest BCUT2D eigenvalue weighted by Crippen LogP contribution is 2.45. The van der Waals surface area contributed by atoms with Crippen molar-refractivity contribution in [2.45, 2.75) is 78.1 Å². The van der Waals surface area contributed by atoms with Crippen molar-refractivity contribution in [1.82, 2.24) is 9.80 Å². The lowest BCUT2D eigenvalue weighted by Crippen LogP contribution is -2.48. The number of piperazine rings is 1. The average molecular weight is 632 g/mol. The van der Waals surface area contributed by atoms with Crippen LogP contribution in [-0.2, 0) is 4.74 Å². The van der Waals surface area contributed by atoms with E-state index in [4.69, 9.17) is 16.3 Å². The topological polar surface area (TPSA) is 36.0 Å². The Hall–Kier alpha value is -2.34. The number of allylic oxidation sites excluding steroid dienone is 1. The van der Waals surface area contributed by atoms with Gasteiger partial charge in [-0.2, -0.15) is 0 Å². The molecule has 3 fully saturated rings. The van der Waals surface area contributed by atoms with Crippen LogP contribution in [0.5, 0.6) is 0 Å². The van der Waals surface area contributed by atoms with Crippen molar-refractivity contribution in [2.24, 2.45) is 17.3 Å². The Bertz CT molecular complexity index is 1290. The molecule has 1 saturated carbocycles. The predicted molar refractivity (Wildman–Crippen MR) is 187 cm³/mol. The number of ether oxygens (including phenoxy) is 1. The Kier molecular flexibility index (Phi) is 10.9. The van der Waals surface area contributed by atoms with E-state index in [0.717, 1.165) is 56.0 Å². The number of halogens is 1. The van der Waals surface area contributed by atoms with E-state index >= 15 is 0 Å². The number of piperidine rings is 1. The number of anilines is 1. The second-order valence-corrected chi connectivity index (χ2v) is 15.1. The average Bonchev–Trinajstić information content (AvgIpc) is 3.07. The smallest absolute Gasteiger partial charge is 0.338 e. The number of rotatable bonds is 9. The Morgan fingerprint density at radius 3 is 2.18 bits per heavy atom. The molecular weight excluding hydrogens is 578 g/mol. The van der Waals surface area contributed by atoms with E-state index in [-0.39, 0.29) is 5.97 Å². The van der Waals surface area contributed by atoms with Gasteiger partial charge in [0, 0.05) is 50.0 Å². The molecule has 1 unspecified atom stereocenters. The zero-order chi connectivity index (χ0) is 31.2. The third-order valence-electron chi connectivity index (χ3n) is 11.3. The summed E-state index contributed by atoms with van der Waals surface area (Å²) in [6.45, 7) is 13.8. The minimum absolute atomic E-state index is 0.248. The number of benzene rings is 2. The highest BCUT2D eigenvalue weighted by atomic mass is 35.5. The highest BCUT2D eigenvalue weighted by molar-refractivity contribution is 6.30. The molecule has 2 aliphatic carbocycles. The quantitative estimate of drug-likeness (QED) is 0.259. The monoisotopic (exact) mass is 631 g/mol. The number of esters is 1. The molecular formula is C39H54ClN3O2. The van der Waals surface area contributed by atoms with Crippen LogP contribution in [0.15, 0.2) is 54.1 Å². The van der Waals surface area contributed by atoms with E-state index in [1.54, 1.807) is 11.1 Å². The highest BCUT2D eigenvalue weighted by Gasteiger charge is 2.36. The van der Waals surface area contributed by atoms with Crippen LogP contribution in [0, 0.1) is 17.3 Å². The van der Waals surface area contributed by atoms with Crippen molar-refractivity contribution in [2.75, 3.05) is 63.9 Å². The fourth-order valence-electron chi connectivity index (χ4n) is 8.78. The minimum atomic E-state index is -0.248. The van der Waals surface area contributed by atoms with Crippen molar-refractivity contribution in [1.29, 1.82) is 0 Å². The molecule has 5 nitrogen and oxygen atoms in total. The molecule has 0 radical (unpaired) electrons. The summed E-state index contributed by atoms with van der Waals surface area (Å²) >= 11 is 6.30. The summed E-state index contributed by atoms with van der Waals surface area (Å²) in [6.07, 6.45) is 13.8. The van der Waals surface area contributed by atoms with Gasteiger partial charge in [0.25, 0.3) is 0 Å². The van der Waals surface area contributed by atoms with Gasteiger partial charge in [0.05, 0.1) is 12.2 Å². The van der Waals surface area contributed by atoms with Gasteiger partial charge in [0.15, 0.2) is 0 Å². The van der Waals surface area contributed by atoms with Crippen LogP contribution in [-0.4, -0.2) is 74.7 Å². The molecule has 2 heterocycles. The molecule has 0 spiro atoms. The number of carbonyl (C=O) groups excluding carboxylic acids is 1. The Labute approximate surface area is 276 Å². The predicted octanol–water partition coefficient (Wildman–Crippen LogP) is 8.58. The molecule has 1 atom stereocenters. The molecule has 45 heavy (non-hydrogen) atoms. The Balaban J connectivity index is 1.09. The maximum Gasteiger partial charge on any atom is 0.338 e. The molecule has 244 valence electrons. The van der Waals surface area contributed by atoms with E-state index in [1.165, 1.54) is 88.7 Å². The van der Waals surface area contributed by atoms with E-state index < -0.39 is 0 Å². The van der Waals surface area contributed by atoms with Crippen molar-refractivity contribution < 1.29 is 9.53 Å². The van der Waals surface area contributed by atoms with Crippen molar-refractivity contribution in [3.63, 3.8) is 0 Å². The number of carbonyl (C=O) groups is 1. The Morgan fingerprint density at radius 2 is 1.51 bits per heavy atom.